The summed E-state index contributed by atoms with van der Waals surface area (Å²) in [6, 6.07) is 10.1. The van der Waals surface area contributed by atoms with E-state index < -0.39 is 21.5 Å². The molecule has 3 rings (SSSR count). The maximum absolute atomic E-state index is 12.1. The molecule has 12 nitrogen and oxygen atoms in total. The van der Waals surface area contributed by atoms with Crippen LogP contribution >= 0.6 is 0 Å². The third kappa shape index (κ3) is 4.64. The topological polar surface area (TPSA) is 170 Å². The van der Waals surface area contributed by atoms with E-state index in [1.165, 1.54) is 37.4 Å². The highest BCUT2D eigenvalue weighted by Gasteiger charge is 2.17. The Bertz CT molecular complexity index is 1200. The molecule has 12 heteroatoms. The van der Waals surface area contributed by atoms with Crippen LogP contribution in [0.3, 0.4) is 0 Å². The molecular formula is C19H14N4O8. The van der Waals surface area contributed by atoms with Crippen molar-refractivity contribution in [2.45, 2.75) is 0 Å². The number of benzene rings is 2. The smallest absolute Gasteiger partial charge is 0.275 e. The lowest BCUT2D eigenvalue weighted by molar-refractivity contribution is -0.385. The third-order valence-electron chi connectivity index (χ3n) is 4.08. The van der Waals surface area contributed by atoms with Crippen molar-refractivity contribution < 1.29 is 28.9 Å². The standard InChI is InChI=1S/C19H14N4O8/c1-30-17-6-3-12(23(28)29)9-15(17)18-7-4-13(31-18)10-20-21-19(25)14-8-11(22(26)27)2-5-16(14)24/h2-10,24H,1H3,(H,21,25)/b20-10-. The van der Waals surface area contributed by atoms with E-state index in [0.717, 1.165) is 24.4 Å². The Labute approximate surface area is 173 Å². The van der Waals surface area contributed by atoms with Gasteiger partial charge in [0, 0.05) is 24.3 Å². The van der Waals surface area contributed by atoms with Crippen LogP contribution in [-0.4, -0.2) is 34.2 Å². The number of methoxy groups -OCH3 is 1. The first-order valence-electron chi connectivity index (χ1n) is 8.53. The van der Waals surface area contributed by atoms with Gasteiger partial charge in [0.15, 0.2) is 0 Å². The predicted molar refractivity (Wildman–Crippen MR) is 107 cm³/mol. The number of carbonyl (C=O) groups is 1. The summed E-state index contributed by atoms with van der Waals surface area (Å²) >= 11 is 0. The quantitative estimate of drug-likeness (QED) is 0.329. The number of furan rings is 1. The van der Waals surface area contributed by atoms with Crippen molar-refractivity contribution in [2.24, 2.45) is 5.10 Å². The lowest BCUT2D eigenvalue weighted by Crippen LogP contribution is -2.17. The number of rotatable bonds is 7. The van der Waals surface area contributed by atoms with Crippen LogP contribution < -0.4 is 10.2 Å². The van der Waals surface area contributed by atoms with E-state index in [2.05, 4.69) is 10.5 Å². The number of amides is 1. The zero-order chi connectivity index (χ0) is 22.5. The lowest BCUT2D eigenvalue weighted by Gasteiger charge is -2.05. The van der Waals surface area contributed by atoms with E-state index in [-0.39, 0.29) is 28.5 Å². The summed E-state index contributed by atoms with van der Waals surface area (Å²) in [5, 5.41) is 35.2. The molecule has 2 aromatic carbocycles. The van der Waals surface area contributed by atoms with Gasteiger partial charge in [-0.25, -0.2) is 5.43 Å². The minimum absolute atomic E-state index is 0.147. The van der Waals surface area contributed by atoms with Crippen LogP contribution in [0.5, 0.6) is 11.5 Å². The number of hydrogen-bond acceptors (Lipinski definition) is 9. The van der Waals surface area contributed by atoms with Gasteiger partial charge >= 0.3 is 0 Å². The Kier molecular flexibility index (Phi) is 5.91. The van der Waals surface area contributed by atoms with Crippen molar-refractivity contribution in [1.29, 1.82) is 0 Å². The molecule has 0 atom stereocenters. The summed E-state index contributed by atoms with van der Waals surface area (Å²) in [4.78, 5) is 32.7. The molecule has 0 saturated heterocycles. The van der Waals surface area contributed by atoms with Crippen molar-refractivity contribution in [3.05, 3.63) is 80.1 Å². The summed E-state index contributed by atoms with van der Waals surface area (Å²) in [5.41, 5.74) is 1.63. The number of nitro groups is 2. The van der Waals surface area contributed by atoms with Gasteiger partial charge in [0.05, 0.1) is 34.3 Å². The van der Waals surface area contributed by atoms with Crippen LogP contribution in [0.1, 0.15) is 16.1 Å². The number of non-ortho nitro benzene ring substituents is 2. The van der Waals surface area contributed by atoms with E-state index in [4.69, 9.17) is 9.15 Å². The largest absolute Gasteiger partial charge is 0.507 e. The van der Waals surface area contributed by atoms with Gasteiger partial charge in [-0.05, 0) is 24.3 Å². The number of nitrogens with one attached hydrogen (secondary N) is 1. The second-order valence-electron chi connectivity index (χ2n) is 6.00. The molecule has 158 valence electrons. The highest BCUT2D eigenvalue weighted by Crippen LogP contribution is 2.34. The second kappa shape index (κ2) is 8.73. The summed E-state index contributed by atoms with van der Waals surface area (Å²) in [6.45, 7) is 0. The molecule has 2 N–H and O–H groups in total. The highest BCUT2D eigenvalue weighted by molar-refractivity contribution is 5.97. The number of phenols is 1. The number of ether oxygens (including phenoxy) is 1. The average Bonchev–Trinajstić information content (AvgIpc) is 3.22. The Morgan fingerprint density at radius 2 is 1.77 bits per heavy atom. The Morgan fingerprint density at radius 1 is 1.10 bits per heavy atom. The molecule has 0 spiro atoms. The number of carbonyl (C=O) groups excluding carboxylic acids is 1. The molecule has 0 bridgehead atoms. The zero-order valence-corrected chi connectivity index (χ0v) is 15.8. The van der Waals surface area contributed by atoms with Crippen molar-refractivity contribution in [2.75, 3.05) is 7.11 Å². The minimum Gasteiger partial charge on any atom is -0.507 e. The monoisotopic (exact) mass is 426 g/mol. The SMILES string of the molecule is COc1ccc([N+](=O)[O-])cc1-c1ccc(/C=N\NC(=O)c2cc([N+](=O)[O-])ccc2O)o1. The molecular weight excluding hydrogens is 412 g/mol. The summed E-state index contributed by atoms with van der Waals surface area (Å²) in [7, 11) is 1.41. The summed E-state index contributed by atoms with van der Waals surface area (Å²) in [6.07, 6.45) is 1.15. The Morgan fingerprint density at radius 3 is 2.45 bits per heavy atom. The molecule has 0 aliphatic heterocycles. The lowest BCUT2D eigenvalue weighted by atomic mass is 10.1. The highest BCUT2D eigenvalue weighted by atomic mass is 16.6. The third-order valence-corrected chi connectivity index (χ3v) is 4.08. The number of nitro benzene ring substituents is 2. The normalized spacial score (nSPS) is 10.7. The number of nitrogens with zero attached hydrogens (tertiary/aromatic N) is 3. The van der Waals surface area contributed by atoms with Gasteiger partial charge in [0.2, 0.25) is 0 Å². The van der Waals surface area contributed by atoms with E-state index in [1.54, 1.807) is 0 Å². The van der Waals surface area contributed by atoms with Gasteiger partial charge in [0.1, 0.15) is 23.0 Å². The number of hydrazone groups is 1. The van der Waals surface area contributed by atoms with Crippen molar-refractivity contribution in [1.82, 2.24) is 5.43 Å². The molecule has 3 aromatic rings. The van der Waals surface area contributed by atoms with Crippen LogP contribution in [0.25, 0.3) is 11.3 Å². The van der Waals surface area contributed by atoms with Crippen molar-refractivity contribution in [3.8, 4) is 22.8 Å². The Hall–Kier alpha value is -4.74. The number of phenolic OH excluding ortho intramolecular Hbond substituents is 1. The van der Waals surface area contributed by atoms with E-state index in [0.29, 0.717) is 11.3 Å². The van der Waals surface area contributed by atoms with Gasteiger partial charge < -0.3 is 14.3 Å². The van der Waals surface area contributed by atoms with E-state index in [9.17, 15) is 30.1 Å². The fourth-order valence-corrected chi connectivity index (χ4v) is 2.60. The predicted octanol–water partition coefficient (Wildman–Crippen LogP) is 3.24. The summed E-state index contributed by atoms with van der Waals surface area (Å²) in [5.74, 6) is -0.490. The van der Waals surface area contributed by atoms with Gasteiger partial charge in [-0.2, -0.15) is 5.10 Å². The zero-order valence-electron chi connectivity index (χ0n) is 15.8. The molecule has 1 aromatic heterocycles. The molecule has 31 heavy (non-hydrogen) atoms. The van der Waals surface area contributed by atoms with Crippen molar-refractivity contribution in [3.63, 3.8) is 0 Å². The van der Waals surface area contributed by atoms with Gasteiger partial charge in [-0.1, -0.05) is 0 Å². The van der Waals surface area contributed by atoms with Crippen LogP contribution in [0, 0.1) is 20.2 Å². The van der Waals surface area contributed by atoms with Crippen LogP contribution in [0.15, 0.2) is 58.0 Å². The van der Waals surface area contributed by atoms with Crippen LogP contribution in [-0.2, 0) is 0 Å². The molecule has 0 fully saturated rings. The molecule has 0 unspecified atom stereocenters. The van der Waals surface area contributed by atoms with Crippen molar-refractivity contribution >= 4 is 23.5 Å². The fraction of sp³-hybridized carbons (Fsp3) is 0.0526. The Balaban J connectivity index is 1.77. The molecule has 1 heterocycles. The van der Waals surface area contributed by atoms with Crippen LogP contribution in [0.2, 0.25) is 0 Å². The van der Waals surface area contributed by atoms with Crippen LogP contribution in [0.4, 0.5) is 11.4 Å². The summed E-state index contributed by atoms with van der Waals surface area (Å²) < 4.78 is 10.8. The molecule has 0 radical (unpaired) electrons. The first-order valence-corrected chi connectivity index (χ1v) is 8.53. The van der Waals surface area contributed by atoms with Gasteiger partial charge in [-0.3, -0.25) is 25.0 Å². The second-order valence-corrected chi connectivity index (χ2v) is 6.00. The first kappa shape index (κ1) is 21.0. The maximum Gasteiger partial charge on any atom is 0.275 e. The molecule has 1 amide bonds. The van der Waals surface area contributed by atoms with E-state index in [1.807, 2.05) is 0 Å². The van der Waals surface area contributed by atoms with Gasteiger partial charge in [-0.15, -0.1) is 0 Å². The minimum atomic E-state index is -0.871. The molecule has 0 aliphatic rings. The van der Waals surface area contributed by atoms with Gasteiger partial charge in [0.25, 0.3) is 17.3 Å². The number of aromatic hydroxyl groups is 1. The maximum atomic E-state index is 12.1. The molecule has 0 saturated carbocycles. The first-order chi connectivity index (χ1) is 14.8. The number of hydrogen-bond donors (Lipinski definition) is 2. The fourth-order valence-electron chi connectivity index (χ4n) is 2.60. The average molecular weight is 426 g/mol. The molecule has 0 aliphatic carbocycles. The van der Waals surface area contributed by atoms with E-state index >= 15 is 0 Å².